The van der Waals surface area contributed by atoms with E-state index in [1.807, 2.05) is 21.1 Å². The zero-order valence-corrected chi connectivity index (χ0v) is 33.0. The molecule has 0 N–H and O–H groups in total. The number of hydrogen-bond acceptors (Lipinski definition) is 8. The van der Waals surface area contributed by atoms with Crippen molar-refractivity contribution < 1.29 is 42.1 Å². The van der Waals surface area contributed by atoms with Crippen LogP contribution in [0.5, 0.6) is 0 Å². The summed E-state index contributed by atoms with van der Waals surface area (Å²) < 4.78 is 33.7. The van der Waals surface area contributed by atoms with E-state index in [1.54, 1.807) is 0 Å². The molecule has 0 spiro atoms. The van der Waals surface area contributed by atoms with Gasteiger partial charge in [-0.1, -0.05) is 109 Å². The molecule has 0 aromatic rings. The van der Waals surface area contributed by atoms with E-state index in [0.29, 0.717) is 23.9 Å². The predicted molar refractivity (Wildman–Crippen MR) is 199 cm³/mol. The Morgan fingerprint density at radius 1 is 0.612 bits per heavy atom. The minimum absolute atomic E-state index is 0.0338. The van der Waals surface area contributed by atoms with E-state index in [9.17, 15) is 19.0 Å². The van der Waals surface area contributed by atoms with Crippen LogP contribution in [0, 0.1) is 0 Å². The lowest BCUT2D eigenvalue weighted by Crippen LogP contribution is -2.37. The van der Waals surface area contributed by atoms with E-state index in [2.05, 4.69) is 38.2 Å². The van der Waals surface area contributed by atoms with Crippen LogP contribution in [-0.2, 0) is 32.7 Å². The third-order valence-electron chi connectivity index (χ3n) is 8.19. The first-order chi connectivity index (χ1) is 23.5. The van der Waals surface area contributed by atoms with E-state index in [-0.39, 0.29) is 26.1 Å². The number of carbonyl (C=O) groups is 2. The second-order valence-corrected chi connectivity index (χ2v) is 15.7. The quantitative estimate of drug-likeness (QED) is 0.0210. The molecule has 0 fully saturated rings. The van der Waals surface area contributed by atoms with Gasteiger partial charge in [0.1, 0.15) is 19.8 Å². The van der Waals surface area contributed by atoms with Crippen molar-refractivity contribution in [2.75, 3.05) is 47.5 Å². The Bertz CT molecular complexity index is 902. The van der Waals surface area contributed by atoms with Gasteiger partial charge in [0.25, 0.3) is 7.82 Å². The van der Waals surface area contributed by atoms with Crippen LogP contribution in [0.1, 0.15) is 162 Å². The molecule has 0 radical (unpaired) electrons. The van der Waals surface area contributed by atoms with Gasteiger partial charge in [0, 0.05) is 12.8 Å². The second-order valence-electron chi connectivity index (χ2n) is 14.3. The average molecular weight is 716 g/mol. The fraction of sp³-hybridized carbons (Fsp3) is 0.846. The number of nitrogens with zero attached hydrogens (tertiary/aromatic N) is 1. The largest absolute Gasteiger partial charge is 0.756 e. The maximum absolute atomic E-state index is 12.6. The van der Waals surface area contributed by atoms with E-state index < -0.39 is 32.5 Å². The summed E-state index contributed by atoms with van der Waals surface area (Å²) in [6.07, 6.45) is 32.0. The van der Waals surface area contributed by atoms with Gasteiger partial charge in [-0.05, 0) is 64.2 Å². The lowest BCUT2D eigenvalue weighted by molar-refractivity contribution is -0.870. The summed E-state index contributed by atoms with van der Waals surface area (Å²) in [5.74, 6) is -0.865. The Morgan fingerprint density at radius 3 is 1.57 bits per heavy atom. The number of ether oxygens (including phenoxy) is 2. The number of phosphoric ester groups is 1. The van der Waals surface area contributed by atoms with Crippen LogP contribution < -0.4 is 4.89 Å². The van der Waals surface area contributed by atoms with Gasteiger partial charge in [-0.15, -0.1) is 0 Å². The number of carbonyl (C=O) groups excluding carboxylic acids is 2. The van der Waals surface area contributed by atoms with E-state index in [4.69, 9.17) is 18.5 Å². The minimum Gasteiger partial charge on any atom is -0.756 e. The molecule has 0 aliphatic rings. The molecule has 0 bridgehead atoms. The normalized spacial score (nSPS) is 14.0. The topological polar surface area (TPSA) is 111 Å². The van der Waals surface area contributed by atoms with Crippen LogP contribution >= 0.6 is 7.82 Å². The van der Waals surface area contributed by atoms with Crippen molar-refractivity contribution in [1.82, 2.24) is 0 Å². The van der Waals surface area contributed by atoms with E-state index >= 15 is 0 Å². The van der Waals surface area contributed by atoms with Crippen LogP contribution in [0.4, 0.5) is 0 Å². The third-order valence-corrected chi connectivity index (χ3v) is 9.16. The highest BCUT2D eigenvalue weighted by atomic mass is 31.2. The van der Waals surface area contributed by atoms with E-state index in [1.165, 1.54) is 57.8 Å². The summed E-state index contributed by atoms with van der Waals surface area (Å²) >= 11 is 0. The van der Waals surface area contributed by atoms with Gasteiger partial charge in [0.15, 0.2) is 6.10 Å². The number of rotatable bonds is 35. The van der Waals surface area contributed by atoms with Gasteiger partial charge in [-0.3, -0.25) is 14.2 Å². The summed E-state index contributed by atoms with van der Waals surface area (Å²) in [7, 11) is 1.15. The Balaban J connectivity index is 4.47. The van der Waals surface area contributed by atoms with Crippen molar-refractivity contribution in [1.29, 1.82) is 0 Å². The summed E-state index contributed by atoms with van der Waals surface area (Å²) in [5.41, 5.74) is 0. The van der Waals surface area contributed by atoms with Crippen LogP contribution in [-0.4, -0.2) is 70.0 Å². The number of likely N-dealkylation sites (N-methyl/N-ethyl adjacent to an activating group) is 1. The lowest BCUT2D eigenvalue weighted by Gasteiger charge is -2.28. The molecule has 49 heavy (non-hydrogen) atoms. The van der Waals surface area contributed by atoms with Gasteiger partial charge < -0.3 is 27.9 Å². The number of esters is 2. The fourth-order valence-corrected chi connectivity index (χ4v) is 5.78. The molecule has 2 atom stereocenters. The molecule has 0 aliphatic heterocycles. The molecular formula is C39H74NO8P. The lowest BCUT2D eigenvalue weighted by atomic mass is 10.1. The predicted octanol–water partition coefficient (Wildman–Crippen LogP) is 9.77. The zero-order chi connectivity index (χ0) is 36.5. The van der Waals surface area contributed by atoms with Crippen molar-refractivity contribution in [2.45, 2.75) is 168 Å². The van der Waals surface area contributed by atoms with Crippen molar-refractivity contribution in [3.05, 3.63) is 24.3 Å². The minimum atomic E-state index is -4.62. The number of unbranched alkanes of at least 4 members (excludes halogenated alkanes) is 17. The molecule has 9 nitrogen and oxygen atoms in total. The highest BCUT2D eigenvalue weighted by Gasteiger charge is 2.21. The maximum Gasteiger partial charge on any atom is 0.306 e. The highest BCUT2D eigenvalue weighted by molar-refractivity contribution is 7.45. The summed E-state index contributed by atoms with van der Waals surface area (Å²) in [4.78, 5) is 37.3. The Labute approximate surface area is 300 Å². The highest BCUT2D eigenvalue weighted by Crippen LogP contribution is 2.38. The Kier molecular flexibility index (Phi) is 31.4. The van der Waals surface area contributed by atoms with Gasteiger partial charge in [-0.25, -0.2) is 0 Å². The number of hydrogen-bond donors (Lipinski definition) is 0. The van der Waals surface area contributed by atoms with E-state index in [0.717, 1.165) is 64.2 Å². The first kappa shape index (κ1) is 47.5. The van der Waals surface area contributed by atoms with Crippen LogP contribution in [0.15, 0.2) is 24.3 Å². The van der Waals surface area contributed by atoms with Gasteiger partial charge in [0.2, 0.25) is 0 Å². The fourth-order valence-electron chi connectivity index (χ4n) is 5.05. The molecule has 0 aromatic carbocycles. The van der Waals surface area contributed by atoms with Crippen LogP contribution in [0.3, 0.4) is 0 Å². The smallest absolute Gasteiger partial charge is 0.306 e. The van der Waals surface area contributed by atoms with Gasteiger partial charge >= 0.3 is 11.9 Å². The molecule has 0 aliphatic carbocycles. The molecular weight excluding hydrogens is 641 g/mol. The average Bonchev–Trinajstić information content (AvgIpc) is 3.04. The summed E-state index contributed by atoms with van der Waals surface area (Å²) in [6, 6.07) is 0. The third kappa shape index (κ3) is 36.1. The molecule has 0 rings (SSSR count). The molecule has 0 amide bonds. The first-order valence-electron chi connectivity index (χ1n) is 19.5. The standard InChI is InChI=1S/C39H74NO8P/c1-6-8-10-12-14-16-18-20-22-23-25-27-29-31-38(41)45-35-37(36-47-49(43,44)46-34-33-40(3,4)5)48-39(42)32-30-28-26-24-21-19-17-15-13-11-9-7-2/h15,17,20,22,37H,6-14,16,18-19,21,23-36H2,1-5H3/b17-15+,22-20+/t37-/m1/s1. The number of allylic oxidation sites excluding steroid dienone is 4. The number of quaternary nitrogens is 1. The first-order valence-corrected chi connectivity index (χ1v) is 21.0. The van der Waals surface area contributed by atoms with Crippen molar-refractivity contribution in [3.8, 4) is 0 Å². The molecule has 10 heteroatoms. The van der Waals surface area contributed by atoms with Crippen LogP contribution in [0.25, 0.3) is 0 Å². The number of phosphoric acid groups is 1. The Morgan fingerprint density at radius 2 is 1.04 bits per heavy atom. The summed E-state index contributed by atoms with van der Waals surface area (Å²) in [5, 5.41) is 0. The second kappa shape index (κ2) is 32.4. The summed E-state index contributed by atoms with van der Waals surface area (Å²) in [6.45, 7) is 4.15. The zero-order valence-electron chi connectivity index (χ0n) is 32.1. The van der Waals surface area contributed by atoms with Crippen molar-refractivity contribution in [3.63, 3.8) is 0 Å². The monoisotopic (exact) mass is 716 g/mol. The molecule has 0 heterocycles. The SMILES string of the molecule is CCCCC/C=C/CCCCCCCC(=O)O[C@H](COC(=O)CCCCC/C=C/CCCCCCCC)COP(=O)([O-])OCC[N+](C)(C)C. The van der Waals surface area contributed by atoms with Crippen LogP contribution in [0.2, 0.25) is 0 Å². The van der Waals surface area contributed by atoms with Gasteiger partial charge in [-0.2, -0.15) is 0 Å². The molecule has 1 unspecified atom stereocenters. The van der Waals surface area contributed by atoms with Crippen molar-refractivity contribution >= 4 is 19.8 Å². The van der Waals surface area contributed by atoms with Crippen molar-refractivity contribution in [2.24, 2.45) is 0 Å². The Hall–Kier alpha value is -1.51. The maximum atomic E-state index is 12.6. The molecule has 0 aromatic heterocycles. The molecule has 0 saturated carbocycles. The molecule has 0 saturated heterocycles. The molecule has 288 valence electrons. The van der Waals surface area contributed by atoms with Gasteiger partial charge in [0.05, 0.1) is 27.7 Å².